The summed E-state index contributed by atoms with van der Waals surface area (Å²) in [6, 6.07) is 26.8. The van der Waals surface area contributed by atoms with Crippen molar-refractivity contribution >= 4 is 11.7 Å². The summed E-state index contributed by atoms with van der Waals surface area (Å²) < 4.78 is 25.2. The lowest BCUT2D eigenvalue weighted by Gasteiger charge is -2.37. The van der Waals surface area contributed by atoms with Gasteiger partial charge >= 0.3 is 5.69 Å². The quantitative estimate of drug-likeness (QED) is 0.242. The van der Waals surface area contributed by atoms with Gasteiger partial charge in [0.2, 0.25) is 5.91 Å². The fourth-order valence-corrected chi connectivity index (χ4v) is 5.33. The number of anilines is 1. The molecule has 1 aliphatic rings. The second-order valence-electron chi connectivity index (χ2n) is 10.9. The van der Waals surface area contributed by atoms with Crippen molar-refractivity contribution in [3.05, 3.63) is 118 Å². The minimum Gasteiger partial charge on any atom is -0.497 e. The molecule has 3 aromatic carbocycles. The maximum Gasteiger partial charge on any atom is 0.351 e. The van der Waals surface area contributed by atoms with E-state index in [2.05, 4.69) is 10.3 Å². The van der Waals surface area contributed by atoms with Crippen LogP contribution in [0.1, 0.15) is 43.2 Å². The van der Waals surface area contributed by atoms with Crippen molar-refractivity contribution in [3.63, 3.8) is 0 Å². The van der Waals surface area contributed by atoms with E-state index in [-0.39, 0.29) is 30.7 Å². The van der Waals surface area contributed by atoms with Crippen LogP contribution >= 0.6 is 0 Å². The zero-order valence-corrected chi connectivity index (χ0v) is 25.2. The van der Waals surface area contributed by atoms with Crippen LogP contribution < -0.4 is 20.5 Å². The smallest absolute Gasteiger partial charge is 0.351 e. The summed E-state index contributed by atoms with van der Waals surface area (Å²) >= 11 is 0. The van der Waals surface area contributed by atoms with Crippen LogP contribution in [0.2, 0.25) is 0 Å². The first-order chi connectivity index (χ1) is 21.2. The molecule has 1 fully saturated rings. The van der Waals surface area contributed by atoms with Crippen LogP contribution in [0.4, 0.5) is 5.82 Å². The number of rotatable bonds is 11. The number of aromatic nitrogens is 2. The summed E-state index contributed by atoms with van der Waals surface area (Å²) in [7, 11) is 3.24. The molecule has 2 N–H and O–H groups in total. The van der Waals surface area contributed by atoms with Gasteiger partial charge < -0.3 is 29.4 Å². The Hall–Kier alpha value is -4.51. The van der Waals surface area contributed by atoms with E-state index in [0.717, 1.165) is 16.7 Å². The number of methoxy groups -OCH3 is 2. The van der Waals surface area contributed by atoms with Crippen LogP contribution in [0.5, 0.6) is 11.5 Å². The van der Waals surface area contributed by atoms with E-state index in [1.807, 2.05) is 78.9 Å². The third-order valence-corrected chi connectivity index (χ3v) is 7.70. The molecule has 10 heteroatoms. The molecule has 0 radical (unpaired) electrons. The van der Waals surface area contributed by atoms with Crippen LogP contribution in [0.15, 0.2) is 95.9 Å². The van der Waals surface area contributed by atoms with Crippen LogP contribution in [-0.4, -0.2) is 53.6 Å². The summed E-state index contributed by atoms with van der Waals surface area (Å²) in [5, 5.41) is 13.6. The molecular weight excluding hydrogens is 562 g/mol. The van der Waals surface area contributed by atoms with Gasteiger partial charge in [0.05, 0.1) is 26.9 Å². The van der Waals surface area contributed by atoms with Crippen LogP contribution in [0, 0.1) is 5.92 Å². The standard InChI is InChI=1S/C34H37N3O7/c1-22(2)31(39)35-30-18-19-37(33(40)36-30)32-29(38)20-28(44-32)21-43-34(23-8-6-5-7-9-23,24-10-14-26(41-3)15-11-24)25-12-16-27(42-4)17-13-25/h5-19,22,28-29,32,38H,20-21H2,1-4H3,(H,35,36,39,40)/t28-,29+,32+/m0/s1. The Labute approximate surface area is 256 Å². The topological polar surface area (TPSA) is 121 Å². The van der Waals surface area contributed by atoms with Crippen molar-refractivity contribution in [1.82, 2.24) is 9.55 Å². The molecule has 2 heterocycles. The maximum atomic E-state index is 12.9. The van der Waals surface area contributed by atoms with Gasteiger partial charge in [0, 0.05) is 18.5 Å². The summed E-state index contributed by atoms with van der Waals surface area (Å²) in [5.41, 5.74) is 0.923. The Morgan fingerprint density at radius 1 is 0.955 bits per heavy atom. The monoisotopic (exact) mass is 599 g/mol. The molecule has 0 aliphatic carbocycles. The lowest BCUT2D eigenvalue weighted by Crippen LogP contribution is -2.36. The fraction of sp³-hybridized carbons (Fsp3) is 0.324. The third-order valence-electron chi connectivity index (χ3n) is 7.70. The van der Waals surface area contributed by atoms with Crippen molar-refractivity contribution < 1.29 is 28.8 Å². The number of hydrogen-bond acceptors (Lipinski definition) is 8. The third kappa shape index (κ3) is 6.37. The predicted molar refractivity (Wildman–Crippen MR) is 165 cm³/mol. The summed E-state index contributed by atoms with van der Waals surface area (Å²) in [6.07, 6.45) is -0.787. The molecule has 0 saturated carbocycles. The lowest BCUT2D eigenvalue weighted by atomic mass is 9.80. The number of amides is 1. The van der Waals surface area contributed by atoms with Gasteiger partial charge in [-0.05, 0) is 47.0 Å². The SMILES string of the molecule is COc1ccc(C(OC[C@@H]2C[C@@H](O)[C@H](n3ccc(NC(=O)C(C)C)nc3=O)O2)(c2ccccc2)c2ccc(OC)cc2)cc1. The first kappa shape index (κ1) is 30.9. The molecule has 4 aromatic rings. The highest BCUT2D eigenvalue weighted by Gasteiger charge is 2.41. The molecule has 1 saturated heterocycles. The minimum atomic E-state index is -1.05. The van der Waals surface area contributed by atoms with Gasteiger partial charge in [-0.2, -0.15) is 4.98 Å². The Bertz CT molecular complexity index is 1560. The molecule has 5 rings (SSSR count). The molecule has 1 aromatic heterocycles. The normalized spacial score (nSPS) is 18.3. The zero-order valence-electron chi connectivity index (χ0n) is 25.2. The van der Waals surface area contributed by atoms with E-state index in [4.69, 9.17) is 18.9 Å². The number of ether oxygens (including phenoxy) is 4. The first-order valence-electron chi connectivity index (χ1n) is 14.5. The Kier molecular flexibility index (Phi) is 9.43. The van der Waals surface area contributed by atoms with E-state index >= 15 is 0 Å². The molecule has 3 atom stereocenters. The minimum absolute atomic E-state index is 0.102. The van der Waals surface area contributed by atoms with Gasteiger partial charge in [-0.1, -0.05) is 68.4 Å². The van der Waals surface area contributed by atoms with Gasteiger partial charge in [0.1, 0.15) is 29.0 Å². The highest BCUT2D eigenvalue weighted by atomic mass is 16.6. The van der Waals surface area contributed by atoms with Crippen molar-refractivity contribution in [1.29, 1.82) is 0 Å². The van der Waals surface area contributed by atoms with E-state index in [0.29, 0.717) is 11.5 Å². The van der Waals surface area contributed by atoms with Gasteiger partial charge in [-0.15, -0.1) is 0 Å². The second-order valence-corrected chi connectivity index (χ2v) is 10.9. The molecule has 44 heavy (non-hydrogen) atoms. The maximum absolute atomic E-state index is 12.9. The van der Waals surface area contributed by atoms with Gasteiger partial charge in [-0.3, -0.25) is 9.36 Å². The second kappa shape index (κ2) is 13.4. The Balaban J connectivity index is 1.45. The Morgan fingerprint density at radius 3 is 2.05 bits per heavy atom. The zero-order chi connectivity index (χ0) is 31.3. The van der Waals surface area contributed by atoms with Crippen molar-refractivity contribution in [2.24, 2.45) is 5.92 Å². The number of hydrogen-bond donors (Lipinski definition) is 2. The van der Waals surface area contributed by atoms with E-state index < -0.39 is 29.7 Å². The number of aliphatic hydroxyl groups excluding tert-OH is 1. The van der Waals surface area contributed by atoms with Crippen LogP contribution in [0.3, 0.4) is 0 Å². The molecule has 0 bridgehead atoms. The average Bonchev–Trinajstić information content (AvgIpc) is 3.42. The van der Waals surface area contributed by atoms with Crippen LogP contribution in [0.25, 0.3) is 0 Å². The summed E-state index contributed by atoms with van der Waals surface area (Å²) in [6.45, 7) is 3.60. The first-order valence-corrected chi connectivity index (χ1v) is 14.5. The summed E-state index contributed by atoms with van der Waals surface area (Å²) in [4.78, 5) is 28.9. The van der Waals surface area contributed by atoms with Crippen LogP contribution in [-0.2, 0) is 19.9 Å². The highest BCUT2D eigenvalue weighted by Crippen LogP contribution is 2.42. The average molecular weight is 600 g/mol. The van der Waals surface area contributed by atoms with Gasteiger partial charge in [0.25, 0.3) is 0 Å². The van der Waals surface area contributed by atoms with E-state index in [9.17, 15) is 14.7 Å². The number of aliphatic hydroxyl groups is 1. The molecule has 0 spiro atoms. The molecule has 230 valence electrons. The van der Waals surface area contributed by atoms with Crippen molar-refractivity contribution in [2.45, 2.75) is 44.3 Å². The molecule has 1 aliphatic heterocycles. The van der Waals surface area contributed by atoms with E-state index in [1.165, 1.54) is 16.8 Å². The molecule has 10 nitrogen and oxygen atoms in total. The fourth-order valence-electron chi connectivity index (χ4n) is 5.33. The van der Waals surface area contributed by atoms with Gasteiger partial charge in [-0.25, -0.2) is 4.79 Å². The van der Waals surface area contributed by atoms with Crippen molar-refractivity contribution in [2.75, 3.05) is 26.1 Å². The van der Waals surface area contributed by atoms with Crippen molar-refractivity contribution in [3.8, 4) is 11.5 Å². The lowest BCUT2D eigenvalue weighted by molar-refractivity contribution is -0.118. The number of carbonyl (C=O) groups is 1. The molecular formula is C34H37N3O7. The number of nitrogens with one attached hydrogen (secondary N) is 1. The number of carbonyl (C=O) groups excluding carboxylic acids is 1. The van der Waals surface area contributed by atoms with Gasteiger partial charge in [0.15, 0.2) is 6.23 Å². The Morgan fingerprint density at radius 2 is 1.52 bits per heavy atom. The number of nitrogens with zero attached hydrogens (tertiary/aromatic N) is 2. The molecule has 1 amide bonds. The molecule has 0 unspecified atom stereocenters. The largest absolute Gasteiger partial charge is 0.497 e. The van der Waals surface area contributed by atoms with E-state index in [1.54, 1.807) is 28.1 Å². The summed E-state index contributed by atoms with van der Waals surface area (Å²) in [5.74, 6) is 1.05. The predicted octanol–water partition coefficient (Wildman–Crippen LogP) is 4.51. The highest BCUT2D eigenvalue weighted by molar-refractivity contribution is 5.91. The number of benzene rings is 3.